The number of hydrogen-bond donors (Lipinski definition) is 4. The van der Waals surface area contributed by atoms with Gasteiger partial charge >= 0.3 is 5.97 Å². The molecule has 38 heavy (non-hydrogen) atoms. The minimum Gasteiger partial charge on any atom is -0.456 e. The van der Waals surface area contributed by atoms with Gasteiger partial charge < -0.3 is 20.5 Å². The van der Waals surface area contributed by atoms with Crippen molar-refractivity contribution < 1.29 is 29.0 Å². The number of thioether (sulfide) groups is 2. The average Bonchev–Trinajstić information content (AvgIpc) is 2.87. The van der Waals surface area contributed by atoms with E-state index in [1.165, 1.54) is 36.5 Å². The highest BCUT2D eigenvalue weighted by Gasteiger charge is 2.30. The van der Waals surface area contributed by atoms with Crippen LogP contribution in [-0.4, -0.2) is 63.4 Å². The van der Waals surface area contributed by atoms with Crippen LogP contribution < -0.4 is 16.0 Å². The summed E-state index contributed by atoms with van der Waals surface area (Å²) in [6.45, 7) is 6.79. The van der Waals surface area contributed by atoms with Crippen molar-refractivity contribution in [2.24, 2.45) is 5.92 Å². The number of nitrogens with zero attached hydrogens (tertiary/aromatic N) is 1. The first-order valence-corrected chi connectivity index (χ1v) is 14.5. The molecule has 0 fully saturated rings. The van der Waals surface area contributed by atoms with Gasteiger partial charge in [-0.2, -0.15) is 0 Å². The van der Waals surface area contributed by atoms with E-state index in [0.29, 0.717) is 22.8 Å². The number of carbonyl (C=O) groups is 4. The fraction of sp³-hybridized carbons (Fsp3) is 0.500. The van der Waals surface area contributed by atoms with Crippen molar-refractivity contribution in [1.82, 2.24) is 20.9 Å². The third-order valence-electron chi connectivity index (χ3n) is 5.53. The minimum atomic E-state index is -1.38. The predicted molar refractivity (Wildman–Crippen MR) is 148 cm³/mol. The smallest absolute Gasteiger partial charge is 0.324 e. The molecule has 208 valence electrons. The summed E-state index contributed by atoms with van der Waals surface area (Å²) >= 11 is 2.54. The third-order valence-corrected chi connectivity index (χ3v) is 7.15. The van der Waals surface area contributed by atoms with Crippen LogP contribution >= 0.6 is 23.5 Å². The van der Waals surface area contributed by atoms with Crippen LogP contribution in [0.25, 0.3) is 0 Å². The SMILES string of the molecule is C/C=C1\NC(=O)c2nc(ccc2SC)CNC(=O)C[C@@H](/C=C/CCSC(C)=O)OC(=O)[C@H](C(C)C)NC1O. The van der Waals surface area contributed by atoms with E-state index in [-0.39, 0.29) is 41.3 Å². The van der Waals surface area contributed by atoms with Crippen LogP contribution in [0.4, 0.5) is 0 Å². The number of hydrogen-bond acceptors (Lipinski definition) is 10. The van der Waals surface area contributed by atoms with Gasteiger partial charge in [-0.05, 0) is 43.7 Å². The molecule has 2 amide bonds. The number of aromatic nitrogens is 1. The lowest BCUT2D eigenvalue weighted by molar-refractivity contribution is -0.152. The van der Waals surface area contributed by atoms with Crippen molar-refractivity contribution in [2.75, 3.05) is 12.0 Å². The number of cyclic esters (lactones) is 1. The molecule has 0 aliphatic carbocycles. The molecule has 3 atom stereocenters. The van der Waals surface area contributed by atoms with Crippen LogP contribution in [0.5, 0.6) is 0 Å². The van der Waals surface area contributed by atoms with Gasteiger partial charge in [0.25, 0.3) is 5.91 Å². The van der Waals surface area contributed by atoms with Crippen molar-refractivity contribution in [2.45, 2.75) is 70.4 Å². The standard InChI is InChI=1S/C26H36N4O6S2/c1-6-19-24(33)30-22(15(2)3)26(35)36-18(9-7-8-12-38-16(4)31)13-21(32)27-14-17-10-11-20(37-5)23(28-17)25(34)29-19/h6-7,9-11,15,18,22,24,30,33H,8,12-14H2,1-5H3,(H,27,32)(H,29,34)/b9-7+,19-6-/t18-,22+,24?/m1/s1. The number of amides is 2. The Morgan fingerprint density at radius 3 is 2.66 bits per heavy atom. The highest BCUT2D eigenvalue weighted by atomic mass is 32.2. The van der Waals surface area contributed by atoms with E-state index in [0.717, 1.165) is 0 Å². The van der Waals surface area contributed by atoms with Crippen molar-refractivity contribution >= 4 is 46.4 Å². The molecule has 1 aliphatic heterocycles. The normalized spacial score (nSPS) is 22.9. The highest BCUT2D eigenvalue weighted by Crippen LogP contribution is 2.20. The summed E-state index contributed by atoms with van der Waals surface area (Å²) in [5, 5.41) is 19.1. The van der Waals surface area contributed by atoms with Gasteiger partial charge in [0, 0.05) is 17.6 Å². The summed E-state index contributed by atoms with van der Waals surface area (Å²) in [5.74, 6) is -1.26. The maximum Gasteiger partial charge on any atom is 0.324 e. The second-order valence-corrected chi connectivity index (χ2v) is 11.0. The van der Waals surface area contributed by atoms with Crippen LogP contribution in [0.2, 0.25) is 0 Å². The van der Waals surface area contributed by atoms with Crippen LogP contribution in [0.3, 0.4) is 0 Å². The molecule has 2 heterocycles. The van der Waals surface area contributed by atoms with Gasteiger partial charge in [-0.3, -0.25) is 24.5 Å². The fourth-order valence-electron chi connectivity index (χ4n) is 3.53. The Labute approximate surface area is 231 Å². The number of esters is 1. The molecular weight excluding hydrogens is 528 g/mol. The van der Waals surface area contributed by atoms with E-state index in [9.17, 15) is 24.3 Å². The Bertz CT molecular complexity index is 1080. The van der Waals surface area contributed by atoms with Crippen LogP contribution in [0.1, 0.15) is 56.7 Å². The third kappa shape index (κ3) is 9.90. The minimum absolute atomic E-state index is 0.0114. The summed E-state index contributed by atoms with van der Waals surface area (Å²) < 4.78 is 5.68. The second kappa shape index (κ2) is 15.7. The summed E-state index contributed by atoms with van der Waals surface area (Å²) in [6.07, 6.45) is 4.95. The molecule has 4 N–H and O–H groups in total. The van der Waals surface area contributed by atoms with Gasteiger partial charge in [0.05, 0.1) is 24.4 Å². The molecule has 12 heteroatoms. The molecule has 2 rings (SSSR count). The highest BCUT2D eigenvalue weighted by molar-refractivity contribution is 8.13. The first-order valence-electron chi connectivity index (χ1n) is 12.3. The molecule has 1 aromatic heterocycles. The summed E-state index contributed by atoms with van der Waals surface area (Å²) in [4.78, 5) is 55.2. The number of aliphatic hydroxyl groups excluding tert-OH is 1. The van der Waals surface area contributed by atoms with Crippen LogP contribution in [-0.2, 0) is 25.7 Å². The van der Waals surface area contributed by atoms with Crippen molar-refractivity contribution in [3.05, 3.63) is 47.4 Å². The zero-order chi connectivity index (χ0) is 28.2. The number of carbonyl (C=O) groups excluding carboxylic acids is 4. The van der Waals surface area contributed by atoms with Crippen LogP contribution in [0, 0.1) is 5.92 Å². The molecule has 1 aliphatic rings. The van der Waals surface area contributed by atoms with E-state index in [1.807, 2.05) is 6.26 Å². The largest absolute Gasteiger partial charge is 0.456 e. The molecule has 1 aromatic rings. The first kappa shape index (κ1) is 31.5. The van der Waals surface area contributed by atoms with Gasteiger partial charge in [0.2, 0.25) is 5.91 Å². The lowest BCUT2D eigenvalue weighted by atomic mass is 10.0. The summed E-state index contributed by atoms with van der Waals surface area (Å²) in [7, 11) is 0. The Morgan fingerprint density at radius 1 is 1.29 bits per heavy atom. The molecule has 10 nitrogen and oxygen atoms in total. The predicted octanol–water partition coefficient (Wildman–Crippen LogP) is 2.53. The number of pyridine rings is 1. The van der Waals surface area contributed by atoms with Crippen molar-refractivity contribution in [3.8, 4) is 0 Å². The van der Waals surface area contributed by atoms with E-state index in [1.54, 1.807) is 45.1 Å². The molecule has 0 spiro atoms. The van der Waals surface area contributed by atoms with Gasteiger partial charge in [0.1, 0.15) is 24.1 Å². The van der Waals surface area contributed by atoms with Gasteiger partial charge in [-0.15, -0.1) is 11.8 Å². The monoisotopic (exact) mass is 564 g/mol. The molecule has 0 saturated heterocycles. The number of nitrogens with one attached hydrogen (secondary N) is 3. The lowest BCUT2D eigenvalue weighted by Gasteiger charge is -2.27. The zero-order valence-corrected chi connectivity index (χ0v) is 23.9. The Morgan fingerprint density at radius 2 is 2.03 bits per heavy atom. The lowest BCUT2D eigenvalue weighted by Crippen LogP contribution is -2.51. The molecule has 1 unspecified atom stereocenters. The number of fused-ring (bicyclic) bond motifs is 2. The van der Waals surface area contributed by atoms with E-state index in [2.05, 4.69) is 20.9 Å². The maximum atomic E-state index is 13.1. The number of aliphatic hydroxyl groups is 1. The Hall–Kier alpha value is -2.67. The van der Waals surface area contributed by atoms with E-state index >= 15 is 0 Å². The topological polar surface area (TPSA) is 147 Å². The Kier molecular flexibility index (Phi) is 13.0. The average molecular weight is 565 g/mol. The van der Waals surface area contributed by atoms with Gasteiger partial charge in [-0.25, -0.2) is 4.98 Å². The van der Waals surface area contributed by atoms with E-state index < -0.39 is 30.3 Å². The quantitative estimate of drug-likeness (QED) is 0.176. The van der Waals surface area contributed by atoms with Crippen molar-refractivity contribution in [3.63, 3.8) is 0 Å². The Balaban J connectivity index is 2.39. The summed E-state index contributed by atoms with van der Waals surface area (Å²) in [6, 6.07) is 2.54. The molecule has 0 aromatic carbocycles. The number of allylic oxidation sites excluding steroid dienone is 2. The van der Waals surface area contributed by atoms with Crippen LogP contribution in [0.15, 0.2) is 41.0 Å². The second-order valence-electron chi connectivity index (χ2n) is 8.86. The zero-order valence-electron chi connectivity index (χ0n) is 22.3. The van der Waals surface area contributed by atoms with Gasteiger partial charge in [0.15, 0.2) is 5.12 Å². The molecule has 0 radical (unpaired) electrons. The first-order chi connectivity index (χ1) is 18.0. The van der Waals surface area contributed by atoms with Gasteiger partial charge in [-0.1, -0.05) is 37.8 Å². The summed E-state index contributed by atoms with van der Waals surface area (Å²) in [5.41, 5.74) is 0.791. The van der Waals surface area contributed by atoms with E-state index in [4.69, 9.17) is 4.74 Å². The fourth-order valence-corrected chi connectivity index (χ4v) is 4.61. The van der Waals surface area contributed by atoms with Crippen molar-refractivity contribution in [1.29, 1.82) is 0 Å². The number of ether oxygens (including phenoxy) is 1. The molecule has 0 saturated carbocycles. The molecular formula is C26H36N4O6S2. The molecule has 2 bridgehead atoms. The maximum absolute atomic E-state index is 13.1. The number of rotatable bonds is 6.